The molecule has 0 spiro atoms. The van der Waals surface area contributed by atoms with Crippen molar-refractivity contribution in [3.8, 4) is 0 Å². The van der Waals surface area contributed by atoms with Gasteiger partial charge in [-0.25, -0.2) is 4.79 Å². The second-order valence-corrected chi connectivity index (χ2v) is 4.54. The molecule has 0 saturated heterocycles. The van der Waals surface area contributed by atoms with Gasteiger partial charge in [0.25, 0.3) is 11.4 Å². The maximum Gasteiger partial charge on any atom is 0.326 e. The summed E-state index contributed by atoms with van der Waals surface area (Å²) >= 11 is 0. The van der Waals surface area contributed by atoms with Gasteiger partial charge in [-0.15, -0.1) is 12.4 Å². The largest absolute Gasteiger partial charge is 0.480 e. The summed E-state index contributed by atoms with van der Waals surface area (Å²) in [6, 6.07) is 1.97. The summed E-state index contributed by atoms with van der Waals surface area (Å²) < 4.78 is 0. The number of non-ortho nitro benzene ring substituents is 1. The number of nitrogens with one attached hydrogen (secondary N) is 1. The highest BCUT2D eigenvalue weighted by atomic mass is 35.5. The summed E-state index contributed by atoms with van der Waals surface area (Å²) in [5.74, 6) is -1.16. The third-order valence-electron chi connectivity index (χ3n) is 2.96. The number of carboxylic acids is 1. The monoisotopic (exact) mass is 348 g/mol. The van der Waals surface area contributed by atoms with Gasteiger partial charge in [-0.05, 0) is 31.9 Å². The highest BCUT2D eigenvalue weighted by Gasteiger charge is 2.24. The van der Waals surface area contributed by atoms with Crippen LogP contribution in [0.2, 0.25) is 0 Å². The van der Waals surface area contributed by atoms with Crippen LogP contribution in [0.5, 0.6) is 0 Å². The van der Waals surface area contributed by atoms with E-state index < -0.39 is 33.2 Å². The van der Waals surface area contributed by atoms with Crippen molar-refractivity contribution < 1.29 is 19.7 Å². The predicted molar refractivity (Wildman–Crippen MR) is 85.0 cm³/mol. The number of carboxylic acid groups (broad SMARTS) is 1. The fraction of sp³-hybridized carbons (Fsp3) is 0.417. The molecular formula is C12H17ClN4O6. The second kappa shape index (κ2) is 9.54. The van der Waals surface area contributed by atoms with E-state index in [1.165, 1.54) is 0 Å². The van der Waals surface area contributed by atoms with Crippen LogP contribution in [0.25, 0.3) is 0 Å². The minimum absolute atomic E-state index is 0. The van der Waals surface area contributed by atoms with Gasteiger partial charge in [0.1, 0.15) is 11.7 Å². The quantitative estimate of drug-likeness (QED) is 0.346. The zero-order valence-corrected chi connectivity index (χ0v) is 12.8. The average molecular weight is 349 g/mol. The number of anilines is 1. The van der Waals surface area contributed by atoms with Gasteiger partial charge in [0, 0.05) is 6.07 Å². The van der Waals surface area contributed by atoms with Crippen molar-refractivity contribution in [2.24, 2.45) is 5.73 Å². The maximum atomic E-state index is 11.2. The molecule has 0 fully saturated rings. The number of nitrogens with two attached hydrogens (primary N) is 1. The lowest BCUT2D eigenvalue weighted by molar-refractivity contribution is -0.393. The van der Waals surface area contributed by atoms with Gasteiger partial charge in [0.15, 0.2) is 0 Å². The minimum atomic E-state index is -1.16. The number of aliphatic carboxylic acids is 1. The molecule has 0 aliphatic carbocycles. The average Bonchev–Trinajstić information content (AvgIpc) is 2.45. The van der Waals surface area contributed by atoms with Crippen molar-refractivity contribution in [2.75, 3.05) is 11.9 Å². The van der Waals surface area contributed by atoms with Gasteiger partial charge in [-0.1, -0.05) is 0 Å². The van der Waals surface area contributed by atoms with Crippen LogP contribution in [0.1, 0.15) is 19.3 Å². The van der Waals surface area contributed by atoms with Crippen LogP contribution < -0.4 is 11.1 Å². The first-order chi connectivity index (χ1) is 10.4. The van der Waals surface area contributed by atoms with Crippen LogP contribution in [-0.4, -0.2) is 33.5 Å². The predicted octanol–water partition coefficient (Wildman–Crippen LogP) is 1.92. The standard InChI is InChI=1S/C12H16N4O6.ClH/c13-6-2-1-3-10(12(17)18)14-9-5-4-8(15(19)20)7-11(9)16(21)22;/h4-5,7,10,14H,1-3,6,13H2,(H,17,18);1H. The third kappa shape index (κ3) is 6.04. The van der Waals surface area contributed by atoms with E-state index in [-0.39, 0.29) is 24.5 Å². The number of nitro groups is 2. The Bertz CT molecular complexity index is 583. The molecule has 0 amide bonds. The Morgan fingerprint density at radius 2 is 1.91 bits per heavy atom. The number of benzene rings is 1. The number of hydrogen-bond donors (Lipinski definition) is 3. The molecule has 1 aromatic carbocycles. The fourth-order valence-corrected chi connectivity index (χ4v) is 1.84. The number of nitrogens with zero attached hydrogens (tertiary/aromatic N) is 2. The molecule has 1 unspecified atom stereocenters. The van der Waals surface area contributed by atoms with Gasteiger partial charge in [-0.2, -0.15) is 0 Å². The first-order valence-corrected chi connectivity index (χ1v) is 6.49. The molecule has 1 atom stereocenters. The van der Waals surface area contributed by atoms with E-state index in [0.29, 0.717) is 19.4 Å². The van der Waals surface area contributed by atoms with Crippen molar-refractivity contribution in [2.45, 2.75) is 25.3 Å². The number of hydrogen-bond acceptors (Lipinski definition) is 7. The first kappa shape index (κ1) is 20.5. The normalized spacial score (nSPS) is 11.2. The maximum absolute atomic E-state index is 11.2. The Morgan fingerprint density at radius 1 is 1.26 bits per heavy atom. The van der Waals surface area contributed by atoms with Crippen molar-refractivity contribution in [3.63, 3.8) is 0 Å². The van der Waals surface area contributed by atoms with Gasteiger partial charge >= 0.3 is 5.97 Å². The van der Waals surface area contributed by atoms with E-state index in [9.17, 15) is 25.0 Å². The SMILES string of the molecule is Cl.NCCCCC(Nc1ccc([N+](=O)[O-])cc1[N+](=O)[O-])C(=O)O. The Balaban J connectivity index is 0.00000484. The van der Waals surface area contributed by atoms with Gasteiger partial charge in [0.05, 0.1) is 15.9 Å². The highest BCUT2D eigenvalue weighted by molar-refractivity contribution is 5.85. The molecule has 10 nitrogen and oxygen atoms in total. The summed E-state index contributed by atoms with van der Waals surface area (Å²) in [5.41, 5.74) is 4.28. The van der Waals surface area contributed by atoms with E-state index in [4.69, 9.17) is 10.8 Å². The molecule has 0 aromatic heterocycles. The molecular weight excluding hydrogens is 332 g/mol. The van der Waals surface area contributed by atoms with E-state index in [1.807, 2.05) is 0 Å². The molecule has 23 heavy (non-hydrogen) atoms. The van der Waals surface area contributed by atoms with Crippen LogP contribution in [-0.2, 0) is 4.79 Å². The van der Waals surface area contributed by atoms with Crippen LogP contribution in [0, 0.1) is 20.2 Å². The van der Waals surface area contributed by atoms with E-state index in [0.717, 1.165) is 18.2 Å². The topological polar surface area (TPSA) is 162 Å². The van der Waals surface area contributed by atoms with Crippen molar-refractivity contribution in [1.29, 1.82) is 0 Å². The molecule has 0 heterocycles. The number of carbonyl (C=O) groups is 1. The van der Waals surface area contributed by atoms with Crippen LogP contribution >= 0.6 is 12.4 Å². The Hall–Kier alpha value is -2.46. The van der Waals surface area contributed by atoms with E-state index in [1.54, 1.807) is 0 Å². The zero-order chi connectivity index (χ0) is 16.7. The summed E-state index contributed by atoms with van der Waals surface area (Å²) in [4.78, 5) is 31.3. The highest BCUT2D eigenvalue weighted by Crippen LogP contribution is 2.29. The Morgan fingerprint density at radius 3 is 2.39 bits per heavy atom. The van der Waals surface area contributed by atoms with Crippen LogP contribution in [0.3, 0.4) is 0 Å². The summed E-state index contributed by atoms with van der Waals surface area (Å²) in [7, 11) is 0. The third-order valence-corrected chi connectivity index (χ3v) is 2.96. The molecule has 1 aromatic rings. The molecule has 0 bridgehead atoms. The number of nitro benzene ring substituents is 2. The van der Waals surface area contributed by atoms with E-state index in [2.05, 4.69) is 5.32 Å². The summed E-state index contributed by atoms with van der Waals surface area (Å²) in [6.07, 6.45) is 1.41. The number of rotatable bonds is 9. The fourth-order valence-electron chi connectivity index (χ4n) is 1.84. The molecule has 0 aliphatic rings. The van der Waals surface area contributed by atoms with Gasteiger partial charge < -0.3 is 16.2 Å². The molecule has 1 rings (SSSR count). The number of unbranched alkanes of at least 4 members (excludes halogenated alkanes) is 1. The van der Waals surface area contributed by atoms with Crippen molar-refractivity contribution in [1.82, 2.24) is 0 Å². The van der Waals surface area contributed by atoms with Crippen LogP contribution in [0.4, 0.5) is 17.1 Å². The van der Waals surface area contributed by atoms with Crippen molar-refractivity contribution >= 4 is 35.4 Å². The van der Waals surface area contributed by atoms with Crippen molar-refractivity contribution in [3.05, 3.63) is 38.4 Å². The van der Waals surface area contributed by atoms with Crippen LogP contribution in [0.15, 0.2) is 18.2 Å². The van der Waals surface area contributed by atoms with Gasteiger partial charge in [-0.3, -0.25) is 20.2 Å². The zero-order valence-electron chi connectivity index (χ0n) is 12.0. The molecule has 128 valence electrons. The summed E-state index contributed by atoms with van der Waals surface area (Å²) in [6.45, 7) is 0.421. The molecule has 0 radical (unpaired) electrons. The number of halogens is 1. The lowest BCUT2D eigenvalue weighted by Gasteiger charge is -2.15. The molecule has 4 N–H and O–H groups in total. The van der Waals surface area contributed by atoms with E-state index >= 15 is 0 Å². The minimum Gasteiger partial charge on any atom is -0.480 e. The first-order valence-electron chi connectivity index (χ1n) is 6.49. The lowest BCUT2D eigenvalue weighted by Crippen LogP contribution is -2.29. The molecule has 0 saturated carbocycles. The second-order valence-electron chi connectivity index (χ2n) is 4.54. The lowest BCUT2D eigenvalue weighted by atomic mass is 10.1. The Kier molecular flexibility index (Phi) is 8.52. The Labute approximate surface area is 137 Å². The molecule has 11 heteroatoms. The summed E-state index contributed by atoms with van der Waals surface area (Å²) in [5, 5.41) is 33.3. The molecule has 0 aliphatic heterocycles. The smallest absolute Gasteiger partial charge is 0.326 e. The van der Waals surface area contributed by atoms with Gasteiger partial charge in [0.2, 0.25) is 0 Å².